The van der Waals surface area contributed by atoms with Gasteiger partial charge in [0.1, 0.15) is 17.3 Å². The average molecular weight is 412 g/mol. The molecule has 156 valence electrons. The lowest BCUT2D eigenvalue weighted by atomic mass is 9.98. The van der Waals surface area contributed by atoms with E-state index in [0.29, 0.717) is 5.82 Å². The number of nitrogens with one attached hydrogen (secondary N) is 1. The molecule has 4 heterocycles. The van der Waals surface area contributed by atoms with Gasteiger partial charge in [-0.3, -0.25) is 4.98 Å². The summed E-state index contributed by atoms with van der Waals surface area (Å²) in [5.41, 5.74) is 6.63. The molecule has 1 aliphatic rings. The lowest BCUT2D eigenvalue weighted by molar-refractivity contribution is 0.415. The summed E-state index contributed by atoms with van der Waals surface area (Å²) < 4.78 is 5.42. The number of aryl methyl sites for hydroxylation is 1. The van der Waals surface area contributed by atoms with Gasteiger partial charge in [-0.1, -0.05) is 12.1 Å². The highest BCUT2D eigenvalue weighted by Crippen LogP contribution is 2.33. The molecule has 0 aliphatic carbocycles. The fraction of sp³-hybridized carbons (Fsp3) is 0.240. The Morgan fingerprint density at radius 2 is 2.00 bits per heavy atom. The molecule has 0 unspecified atom stereocenters. The molecule has 0 bridgehead atoms. The average Bonchev–Trinajstić information content (AvgIpc) is 3.24. The van der Waals surface area contributed by atoms with E-state index in [4.69, 9.17) is 9.72 Å². The van der Waals surface area contributed by atoms with Crippen LogP contribution in [-0.2, 0) is 0 Å². The van der Waals surface area contributed by atoms with Crippen molar-refractivity contribution in [1.82, 2.24) is 19.9 Å². The normalized spacial score (nSPS) is 14.0. The summed E-state index contributed by atoms with van der Waals surface area (Å²) in [4.78, 5) is 19.7. The van der Waals surface area contributed by atoms with Crippen molar-refractivity contribution in [3.8, 4) is 17.3 Å². The Balaban J connectivity index is 1.46. The minimum atomic E-state index is 0.678. The van der Waals surface area contributed by atoms with Crippen molar-refractivity contribution in [2.45, 2.75) is 20.3 Å². The first-order valence-electron chi connectivity index (χ1n) is 10.5. The number of hydrogen-bond acceptors (Lipinski definition) is 5. The van der Waals surface area contributed by atoms with Gasteiger partial charge in [0, 0.05) is 53.2 Å². The fourth-order valence-corrected chi connectivity index (χ4v) is 4.13. The van der Waals surface area contributed by atoms with Crippen LogP contribution in [0.1, 0.15) is 23.2 Å². The zero-order chi connectivity index (χ0) is 21.4. The van der Waals surface area contributed by atoms with Crippen LogP contribution in [0.4, 0.5) is 5.82 Å². The monoisotopic (exact) mass is 411 g/mol. The van der Waals surface area contributed by atoms with Crippen molar-refractivity contribution in [3.05, 3.63) is 71.7 Å². The highest BCUT2D eigenvalue weighted by Gasteiger charge is 2.20. The van der Waals surface area contributed by atoms with Crippen molar-refractivity contribution in [3.63, 3.8) is 0 Å². The van der Waals surface area contributed by atoms with Crippen LogP contribution in [-0.4, -0.2) is 40.1 Å². The second kappa shape index (κ2) is 7.87. The zero-order valence-electron chi connectivity index (χ0n) is 18.0. The van der Waals surface area contributed by atoms with Crippen molar-refractivity contribution in [2.24, 2.45) is 0 Å². The van der Waals surface area contributed by atoms with Crippen LogP contribution in [0, 0.1) is 13.8 Å². The van der Waals surface area contributed by atoms with Crippen LogP contribution in [0.5, 0.6) is 5.75 Å². The first-order valence-corrected chi connectivity index (χ1v) is 10.5. The third-order valence-electron chi connectivity index (χ3n) is 6.00. The maximum Gasteiger partial charge on any atom is 0.180 e. The van der Waals surface area contributed by atoms with Gasteiger partial charge < -0.3 is 14.6 Å². The lowest BCUT2D eigenvalue weighted by Crippen LogP contribution is -2.30. The molecular formula is C25H25N5O. The number of aromatic nitrogens is 4. The summed E-state index contributed by atoms with van der Waals surface area (Å²) in [7, 11) is 1.70. The number of nitrogens with zero attached hydrogens (tertiary/aromatic N) is 4. The summed E-state index contributed by atoms with van der Waals surface area (Å²) >= 11 is 0. The minimum absolute atomic E-state index is 0.678. The quantitative estimate of drug-likeness (QED) is 0.515. The molecule has 6 heteroatoms. The van der Waals surface area contributed by atoms with Crippen molar-refractivity contribution in [1.29, 1.82) is 0 Å². The number of pyridine rings is 1. The standard InChI is InChI=1S/C25H25N5O/c1-16-17(2)28-24(23-6-4-5-11-26-23)29-25(16)30-12-9-18(10-13-30)21-15-27-22-8-7-19(31-3)14-20(21)22/h4-9,11,14-15,27H,10,12-13H2,1-3H3. The Morgan fingerprint density at radius 3 is 2.74 bits per heavy atom. The summed E-state index contributed by atoms with van der Waals surface area (Å²) in [5, 5.41) is 1.20. The Kier molecular flexibility index (Phi) is 4.90. The Bertz CT molecular complexity index is 1280. The molecule has 5 rings (SSSR count). The van der Waals surface area contributed by atoms with Crippen LogP contribution in [0.15, 0.2) is 54.9 Å². The molecule has 0 radical (unpaired) electrons. The maximum absolute atomic E-state index is 5.42. The second-order valence-corrected chi connectivity index (χ2v) is 7.84. The van der Waals surface area contributed by atoms with Gasteiger partial charge in [-0.05, 0) is 56.2 Å². The van der Waals surface area contributed by atoms with Crippen molar-refractivity contribution < 1.29 is 4.74 Å². The summed E-state index contributed by atoms with van der Waals surface area (Å²) in [5.74, 6) is 2.54. The Labute approximate surface area is 181 Å². The summed E-state index contributed by atoms with van der Waals surface area (Å²) in [6.45, 7) is 5.85. The number of ether oxygens (including phenoxy) is 1. The molecule has 1 aliphatic heterocycles. The molecule has 0 saturated heterocycles. The van der Waals surface area contributed by atoms with E-state index in [1.54, 1.807) is 13.3 Å². The minimum Gasteiger partial charge on any atom is -0.497 e. The first kappa shape index (κ1) is 19.3. The van der Waals surface area contributed by atoms with Crippen LogP contribution in [0.25, 0.3) is 28.0 Å². The van der Waals surface area contributed by atoms with E-state index < -0.39 is 0 Å². The number of hydrogen-bond donors (Lipinski definition) is 1. The highest BCUT2D eigenvalue weighted by molar-refractivity contribution is 5.94. The van der Waals surface area contributed by atoms with Gasteiger partial charge in [-0.15, -0.1) is 0 Å². The smallest absolute Gasteiger partial charge is 0.180 e. The number of rotatable bonds is 4. The number of fused-ring (bicyclic) bond motifs is 1. The molecule has 1 N–H and O–H groups in total. The first-order chi connectivity index (χ1) is 15.1. The third-order valence-corrected chi connectivity index (χ3v) is 6.00. The molecule has 0 fully saturated rings. The molecule has 0 saturated carbocycles. The fourth-order valence-electron chi connectivity index (χ4n) is 4.13. The van der Waals surface area contributed by atoms with Gasteiger partial charge in [-0.2, -0.15) is 0 Å². The van der Waals surface area contributed by atoms with E-state index in [0.717, 1.165) is 53.5 Å². The number of anilines is 1. The van der Waals surface area contributed by atoms with Crippen LogP contribution >= 0.6 is 0 Å². The molecule has 0 spiro atoms. The molecule has 0 atom stereocenters. The van der Waals surface area contributed by atoms with Gasteiger partial charge in [-0.25, -0.2) is 9.97 Å². The molecule has 1 aromatic carbocycles. The predicted octanol–water partition coefficient (Wildman–Crippen LogP) is 4.94. The predicted molar refractivity (Wildman–Crippen MR) is 124 cm³/mol. The summed E-state index contributed by atoms with van der Waals surface area (Å²) in [6, 6.07) is 12.0. The third kappa shape index (κ3) is 3.54. The van der Waals surface area contributed by atoms with Crippen molar-refractivity contribution in [2.75, 3.05) is 25.1 Å². The lowest BCUT2D eigenvalue weighted by Gasteiger charge is -2.29. The van der Waals surface area contributed by atoms with Crippen LogP contribution in [0.2, 0.25) is 0 Å². The van der Waals surface area contributed by atoms with E-state index in [1.807, 2.05) is 31.2 Å². The van der Waals surface area contributed by atoms with E-state index in [2.05, 4.69) is 51.2 Å². The molecule has 31 heavy (non-hydrogen) atoms. The van der Waals surface area contributed by atoms with E-state index in [-0.39, 0.29) is 0 Å². The Hall–Kier alpha value is -3.67. The Morgan fingerprint density at radius 1 is 1.10 bits per heavy atom. The topological polar surface area (TPSA) is 66.9 Å². The van der Waals surface area contributed by atoms with Crippen molar-refractivity contribution >= 4 is 22.3 Å². The van der Waals surface area contributed by atoms with Gasteiger partial charge in [0.15, 0.2) is 5.82 Å². The highest BCUT2D eigenvalue weighted by atomic mass is 16.5. The number of aromatic amines is 1. The van der Waals surface area contributed by atoms with E-state index >= 15 is 0 Å². The molecule has 6 nitrogen and oxygen atoms in total. The van der Waals surface area contributed by atoms with Gasteiger partial charge in [0.2, 0.25) is 0 Å². The van der Waals surface area contributed by atoms with Gasteiger partial charge in [0.25, 0.3) is 0 Å². The molecule has 4 aromatic rings. The molecule has 0 amide bonds. The molecule has 3 aromatic heterocycles. The van der Waals surface area contributed by atoms with Gasteiger partial charge in [0.05, 0.1) is 7.11 Å². The molecular weight excluding hydrogens is 386 g/mol. The van der Waals surface area contributed by atoms with E-state index in [1.165, 1.54) is 16.5 Å². The van der Waals surface area contributed by atoms with Crippen LogP contribution in [0.3, 0.4) is 0 Å². The summed E-state index contributed by atoms with van der Waals surface area (Å²) in [6.07, 6.45) is 7.14. The number of H-pyrrole nitrogens is 1. The number of methoxy groups -OCH3 is 1. The number of benzene rings is 1. The maximum atomic E-state index is 5.42. The zero-order valence-corrected chi connectivity index (χ0v) is 18.0. The van der Waals surface area contributed by atoms with Gasteiger partial charge >= 0.3 is 0 Å². The SMILES string of the molecule is COc1ccc2[nH]cc(C3=CCN(c4nc(-c5ccccn5)nc(C)c4C)CC3)c2c1. The van der Waals surface area contributed by atoms with Crippen LogP contribution < -0.4 is 9.64 Å². The largest absolute Gasteiger partial charge is 0.497 e. The second-order valence-electron chi connectivity index (χ2n) is 7.84. The van der Waals surface area contributed by atoms with E-state index in [9.17, 15) is 0 Å².